The lowest BCUT2D eigenvalue weighted by Gasteiger charge is -2.13. The van der Waals surface area contributed by atoms with Crippen molar-refractivity contribution in [3.8, 4) is 17.6 Å². The Hall–Kier alpha value is -2.53. The molecule has 6 heteroatoms. The van der Waals surface area contributed by atoms with Crippen molar-refractivity contribution in [3.63, 3.8) is 0 Å². The number of nitrogens with zero attached hydrogens (tertiary/aromatic N) is 1. The molecule has 0 unspecified atom stereocenters. The zero-order valence-corrected chi connectivity index (χ0v) is 16.6. The van der Waals surface area contributed by atoms with Crippen LogP contribution in [0.1, 0.15) is 35.3 Å². The summed E-state index contributed by atoms with van der Waals surface area (Å²) in [6.07, 6.45) is 1.75. The molecule has 0 atom stereocenters. The summed E-state index contributed by atoms with van der Waals surface area (Å²) in [4.78, 5) is 11.0. The van der Waals surface area contributed by atoms with Gasteiger partial charge in [-0.05, 0) is 77.9 Å². The first-order chi connectivity index (χ1) is 12.5. The largest absolute Gasteiger partial charge is 0.490 e. The maximum atomic E-state index is 11.0. The first kappa shape index (κ1) is 19.8. The lowest BCUT2D eigenvalue weighted by molar-refractivity contribution is 0.0697. The fourth-order valence-electron chi connectivity index (χ4n) is 2.36. The highest BCUT2D eigenvalue weighted by atomic mass is 127. The van der Waals surface area contributed by atoms with E-state index in [1.54, 1.807) is 18.2 Å². The standard InChI is InChI=1S/C20H18INO4/c1-3-25-18-11-13(10-17(21)19(18)26-4-2)9-16(12-22)14-5-7-15(8-6-14)20(23)24/h5-11H,3-4H2,1-2H3,(H,23,24)/b16-9-. The van der Waals surface area contributed by atoms with Gasteiger partial charge in [0, 0.05) is 0 Å². The van der Waals surface area contributed by atoms with Crippen LogP contribution in [0, 0.1) is 14.9 Å². The minimum Gasteiger partial charge on any atom is -0.490 e. The molecule has 0 fully saturated rings. The van der Waals surface area contributed by atoms with E-state index in [0.717, 1.165) is 9.13 Å². The number of carboxylic acid groups (broad SMARTS) is 1. The number of nitriles is 1. The third-order valence-corrected chi connectivity index (χ3v) is 4.30. The third-order valence-electron chi connectivity index (χ3n) is 3.49. The Morgan fingerprint density at radius 2 is 1.77 bits per heavy atom. The molecule has 0 aromatic heterocycles. The van der Waals surface area contributed by atoms with Crippen molar-refractivity contribution < 1.29 is 19.4 Å². The second-order valence-electron chi connectivity index (χ2n) is 5.25. The predicted octanol–water partition coefficient (Wildman–Crippen LogP) is 4.85. The van der Waals surface area contributed by atoms with E-state index in [1.165, 1.54) is 12.1 Å². The number of aromatic carboxylic acids is 1. The van der Waals surface area contributed by atoms with Crippen molar-refractivity contribution in [1.82, 2.24) is 0 Å². The van der Waals surface area contributed by atoms with Gasteiger partial charge in [0.1, 0.15) is 0 Å². The first-order valence-electron chi connectivity index (χ1n) is 8.04. The molecular formula is C20H18INO4. The van der Waals surface area contributed by atoms with Gasteiger partial charge >= 0.3 is 5.97 Å². The lowest BCUT2D eigenvalue weighted by Crippen LogP contribution is -2.01. The van der Waals surface area contributed by atoms with E-state index >= 15 is 0 Å². The summed E-state index contributed by atoms with van der Waals surface area (Å²) < 4.78 is 12.2. The molecule has 26 heavy (non-hydrogen) atoms. The minimum absolute atomic E-state index is 0.181. The molecule has 0 bridgehead atoms. The van der Waals surface area contributed by atoms with Crippen LogP contribution in [0.15, 0.2) is 36.4 Å². The Morgan fingerprint density at radius 3 is 2.31 bits per heavy atom. The molecule has 1 N–H and O–H groups in total. The van der Waals surface area contributed by atoms with Gasteiger partial charge in [-0.1, -0.05) is 12.1 Å². The highest BCUT2D eigenvalue weighted by Crippen LogP contribution is 2.35. The smallest absolute Gasteiger partial charge is 0.335 e. The summed E-state index contributed by atoms with van der Waals surface area (Å²) in [6.45, 7) is 4.85. The van der Waals surface area contributed by atoms with E-state index in [2.05, 4.69) is 28.7 Å². The molecule has 0 amide bonds. The maximum absolute atomic E-state index is 11.0. The second kappa shape index (κ2) is 9.25. The Labute approximate surface area is 166 Å². The number of hydrogen-bond acceptors (Lipinski definition) is 4. The van der Waals surface area contributed by atoms with Gasteiger partial charge in [0.2, 0.25) is 0 Å². The van der Waals surface area contributed by atoms with Gasteiger partial charge in [-0.3, -0.25) is 0 Å². The van der Waals surface area contributed by atoms with E-state index in [-0.39, 0.29) is 5.56 Å². The van der Waals surface area contributed by atoms with Crippen molar-refractivity contribution in [2.24, 2.45) is 0 Å². The van der Waals surface area contributed by atoms with E-state index in [4.69, 9.17) is 14.6 Å². The second-order valence-corrected chi connectivity index (χ2v) is 6.41. The Morgan fingerprint density at radius 1 is 1.15 bits per heavy atom. The molecule has 2 aromatic carbocycles. The van der Waals surface area contributed by atoms with Crippen LogP contribution in [0.25, 0.3) is 11.6 Å². The van der Waals surface area contributed by atoms with Gasteiger partial charge in [-0.25, -0.2) is 4.79 Å². The van der Waals surface area contributed by atoms with E-state index < -0.39 is 5.97 Å². The van der Waals surface area contributed by atoms with Crippen LogP contribution in [0.2, 0.25) is 0 Å². The number of halogens is 1. The Balaban J connectivity index is 2.45. The third kappa shape index (κ3) is 4.76. The Kier molecular flexibility index (Phi) is 7.04. The number of hydrogen-bond donors (Lipinski definition) is 1. The number of benzene rings is 2. The zero-order chi connectivity index (χ0) is 19.1. The fourth-order valence-corrected chi connectivity index (χ4v) is 3.14. The summed E-state index contributed by atoms with van der Waals surface area (Å²) in [5.74, 6) is 0.323. The summed E-state index contributed by atoms with van der Waals surface area (Å²) in [6, 6.07) is 12.1. The monoisotopic (exact) mass is 463 g/mol. The SMILES string of the molecule is CCOc1cc(/C=C(/C#N)c2ccc(C(=O)O)cc2)cc(I)c1OCC. The van der Waals surface area contributed by atoms with Gasteiger partial charge in [0.15, 0.2) is 11.5 Å². The average Bonchev–Trinajstić information content (AvgIpc) is 2.63. The number of ether oxygens (including phenoxy) is 2. The zero-order valence-electron chi connectivity index (χ0n) is 14.5. The summed E-state index contributed by atoms with van der Waals surface area (Å²) in [5.41, 5.74) is 2.07. The molecule has 5 nitrogen and oxygen atoms in total. The molecule has 134 valence electrons. The number of allylic oxidation sites excluding steroid dienone is 1. The van der Waals surface area contributed by atoms with Gasteiger partial charge in [-0.15, -0.1) is 0 Å². The quantitative estimate of drug-likeness (QED) is 0.361. The highest BCUT2D eigenvalue weighted by Gasteiger charge is 2.12. The van der Waals surface area contributed by atoms with Crippen molar-refractivity contribution in [2.75, 3.05) is 13.2 Å². The summed E-state index contributed by atoms with van der Waals surface area (Å²) in [7, 11) is 0. The number of carbonyl (C=O) groups is 1. The fraction of sp³-hybridized carbons (Fsp3) is 0.200. The lowest BCUT2D eigenvalue weighted by atomic mass is 10.0. The van der Waals surface area contributed by atoms with Gasteiger partial charge in [-0.2, -0.15) is 5.26 Å². The minimum atomic E-state index is -0.999. The molecule has 2 aromatic rings. The van der Waals surface area contributed by atoms with E-state index in [0.29, 0.717) is 35.8 Å². The van der Waals surface area contributed by atoms with Crippen molar-refractivity contribution >= 4 is 40.2 Å². The van der Waals surface area contributed by atoms with Crippen LogP contribution in [0.5, 0.6) is 11.5 Å². The summed E-state index contributed by atoms with van der Waals surface area (Å²) in [5, 5.41) is 18.5. The molecule has 0 aliphatic carbocycles. The predicted molar refractivity (Wildman–Crippen MR) is 108 cm³/mol. The average molecular weight is 463 g/mol. The van der Waals surface area contributed by atoms with E-state index in [9.17, 15) is 10.1 Å². The Bertz CT molecular complexity index is 867. The topological polar surface area (TPSA) is 79.5 Å². The molecule has 2 rings (SSSR count). The molecule has 0 spiro atoms. The van der Waals surface area contributed by atoms with Crippen molar-refractivity contribution in [3.05, 3.63) is 56.7 Å². The molecule has 0 saturated carbocycles. The van der Waals surface area contributed by atoms with Crippen LogP contribution >= 0.6 is 22.6 Å². The van der Waals surface area contributed by atoms with Crippen LogP contribution in [0.4, 0.5) is 0 Å². The normalized spacial score (nSPS) is 10.9. The molecule has 0 aliphatic heterocycles. The van der Waals surface area contributed by atoms with Crippen LogP contribution in [-0.4, -0.2) is 24.3 Å². The van der Waals surface area contributed by atoms with Crippen molar-refractivity contribution in [1.29, 1.82) is 5.26 Å². The highest BCUT2D eigenvalue weighted by molar-refractivity contribution is 14.1. The van der Waals surface area contributed by atoms with Crippen molar-refractivity contribution in [2.45, 2.75) is 13.8 Å². The molecule has 0 radical (unpaired) electrons. The van der Waals surface area contributed by atoms with Gasteiger partial charge in [0.05, 0.1) is 34.0 Å². The maximum Gasteiger partial charge on any atom is 0.335 e. The van der Waals surface area contributed by atoms with E-state index in [1.807, 2.05) is 26.0 Å². The van der Waals surface area contributed by atoms with Gasteiger partial charge in [0.25, 0.3) is 0 Å². The molecular weight excluding hydrogens is 445 g/mol. The molecule has 0 saturated heterocycles. The van der Waals surface area contributed by atoms with Crippen LogP contribution in [0.3, 0.4) is 0 Å². The number of carboxylic acids is 1. The first-order valence-corrected chi connectivity index (χ1v) is 9.12. The molecule has 0 aliphatic rings. The van der Waals surface area contributed by atoms with Crippen LogP contribution < -0.4 is 9.47 Å². The van der Waals surface area contributed by atoms with Crippen LogP contribution in [-0.2, 0) is 0 Å². The molecule has 0 heterocycles. The van der Waals surface area contributed by atoms with Gasteiger partial charge < -0.3 is 14.6 Å². The number of rotatable bonds is 7. The summed E-state index contributed by atoms with van der Waals surface area (Å²) >= 11 is 2.18.